The van der Waals surface area contributed by atoms with E-state index in [0.717, 1.165) is 0 Å². The maximum atomic E-state index is 3.31. The zero-order valence-electron chi connectivity index (χ0n) is 1.83. The van der Waals surface area contributed by atoms with Crippen molar-refractivity contribution in [1.82, 2.24) is 0 Å². The first kappa shape index (κ1) is 7.61. The normalized spacial score (nSPS) is 15.2. The van der Waals surface area contributed by atoms with Crippen molar-refractivity contribution in [3.63, 3.8) is 0 Å². The van der Waals surface area contributed by atoms with Crippen LogP contribution in [0.3, 0.4) is 0 Å². The van der Waals surface area contributed by atoms with Crippen LogP contribution in [0.5, 0.6) is 0 Å². The number of rotatable bonds is 0. The van der Waals surface area contributed by atoms with Gasteiger partial charge in [0, 0.05) is 0 Å². The maximum absolute atomic E-state index is 3.31. The van der Waals surface area contributed by atoms with Crippen molar-refractivity contribution in [3.05, 3.63) is 0 Å². The molecule has 0 aromatic heterocycles. The van der Waals surface area contributed by atoms with E-state index in [1.807, 2.05) is 0 Å². The van der Waals surface area contributed by atoms with Crippen LogP contribution in [0.4, 0.5) is 0 Å². The van der Waals surface area contributed by atoms with E-state index in [1.165, 1.54) is 0 Å². The summed E-state index contributed by atoms with van der Waals surface area (Å²) < 4.78 is 0. The molecule has 0 spiro atoms. The fraction of sp³-hybridized carbons (Fsp3) is 0. The van der Waals surface area contributed by atoms with E-state index in [1.54, 1.807) is 0 Å². The molecule has 0 saturated heterocycles. The van der Waals surface area contributed by atoms with Gasteiger partial charge in [-0.3, -0.25) is 0 Å². The molecule has 0 fully saturated rings. The Balaban J connectivity index is 3.02. The van der Waals surface area contributed by atoms with Gasteiger partial charge in [0.1, 0.15) is 0 Å². The molecule has 0 atom stereocenters. The first-order valence-corrected chi connectivity index (χ1v) is 20.3. The Hall–Kier alpha value is 2.61. The van der Waals surface area contributed by atoms with Gasteiger partial charge in [-0.05, 0) is 0 Å². The quantitative estimate of drug-likeness (QED) is 0.465. The Morgan fingerprint density at radius 2 is 0.800 bits per heavy atom. The van der Waals surface area contributed by atoms with Crippen LogP contribution in [-0.2, 0) is 7.84 Å². The molecule has 0 aromatic rings. The molecule has 0 aromatic carbocycles. The van der Waals surface area contributed by atoms with E-state index < -0.39 is 7.84 Å². The Morgan fingerprint density at radius 3 is 0.800 bits per heavy atom. The molecule has 0 N–H and O–H groups in total. The Kier molecular flexibility index (Phi) is 4.27. The summed E-state index contributed by atoms with van der Waals surface area (Å²) in [6.45, 7) is 0. The summed E-state index contributed by atoms with van der Waals surface area (Å²) in [4.78, 5) is 0. The zero-order valence-corrected chi connectivity index (χ0v) is 10.4. The molecule has 0 aliphatic carbocycles. The van der Waals surface area contributed by atoms with Gasteiger partial charge in [0.2, 0.25) is 0 Å². The molecule has 0 unspecified atom stereocenters. The number of hydrogen-bond donors (Lipinski definition) is 0. The summed E-state index contributed by atoms with van der Waals surface area (Å²) in [6, 6.07) is 0. The van der Waals surface area contributed by atoms with Gasteiger partial charge in [0.05, 0.1) is 0 Å². The number of halogens is 4. The first-order chi connectivity index (χ1) is 2.00. The molecule has 0 saturated carbocycles. The Morgan fingerprint density at radius 1 is 0.800 bits per heavy atom. The van der Waals surface area contributed by atoms with Crippen molar-refractivity contribution in [2.75, 3.05) is 0 Å². The van der Waals surface area contributed by atoms with Crippen LogP contribution < -0.4 is 0 Å². The second-order valence-electron chi connectivity index (χ2n) is 0.271. The zero-order chi connectivity index (χ0) is 4.50. The predicted octanol–water partition coefficient (Wildman–Crippen LogP) is 3.38. The van der Waals surface area contributed by atoms with Crippen molar-refractivity contribution in [2.24, 2.45) is 0 Å². The van der Waals surface area contributed by atoms with Gasteiger partial charge in [0.25, 0.3) is 0 Å². The first-order valence-electron chi connectivity index (χ1n) is 0.478. The summed E-state index contributed by atoms with van der Waals surface area (Å²) in [5.74, 6) is 0. The average Bonchev–Trinajstić information content (AvgIpc) is 0.722. The van der Waals surface area contributed by atoms with Gasteiger partial charge in [-0.25, -0.2) is 0 Å². The van der Waals surface area contributed by atoms with Crippen LogP contribution in [0.15, 0.2) is 0 Å². The number of hydrogen-bond acceptors (Lipinski definition) is 0. The summed E-state index contributed by atoms with van der Waals surface area (Å²) >= 11 is 13.2. The molecule has 0 amide bonds. The molecular formula is Br4Pt-2. The molecule has 0 bridgehead atoms. The van der Waals surface area contributed by atoms with Crippen LogP contribution in [-0.4, -0.2) is 0 Å². The molecule has 0 heterocycles. The van der Waals surface area contributed by atoms with Crippen LogP contribution in [0.1, 0.15) is 0 Å². The van der Waals surface area contributed by atoms with Gasteiger partial charge in [-0.2, -0.15) is 0 Å². The fourth-order valence-electron chi connectivity index (χ4n) is 0. The van der Waals surface area contributed by atoms with E-state index in [4.69, 9.17) is 0 Å². The van der Waals surface area contributed by atoms with Gasteiger partial charge < -0.3 is 0 Å². The topological polar surface area (TPSA) is 0 Å². The molecule has 0 rings (SSSR count). The van der Waals surface area contributed by atoms with Crippen molar-refractivity contribution in [1.29, 1.82) is 0 Å². The molecule has 40 valence electrons. The summed E-state index contributed by atoms with van der Waals surface area (Å²) in [5, 5.41) is 0. The summed E-state index contributed by atoms with van der Waals surface area (Å²) in [7, 11) is -1.69. The third-order valence-corrected chi connectivity index (χ3v) is 0. The Bertz CT molecular complexity index is 19.1. The van der Waals surface area contributed by atoms with Crippen molar-refractivity contribution in [2.45, 2.75) is 0 Å². The second kappa shape index (κ2) is 2.80. The van der Waals surface area contributed by atoms with Crippen LogP contribution in [0, 0.1) is 0 Å². The predicted molar refractivity (Wildman–Crippen MR) is 35.7 cm³/mol. The van der Waals surface area contributed by atoms with E-state index in [2.05, 4.69) is 53.2 Å². The fourth-order valence-corrected chi connectivity index (χ4v) is 0. The molecule has 5 heteroatoms. The third-order valence-electron chi connectivity index (χ3n) is 0. The minimum atomic E-state index is -1.69. The molecule has 0 aliphatic rings. The average molecular weight is 515 g/mol. The van der Waals surface area contributed by atoms with Crippen molar-refractivity contribution < 1.29 is 7.84 Å². The van der Waals surface area contributed by atoms with Crippen LogP contribution in [0.25, 0.3) is 0 Å². The molecular weight excluding hydrogens is 515 g/mol. The van der Waals surface area contributed by atoms with E-state index in [-0.39, 0.29) is 0 Å². The summed E-state index contributed by atoms with van der Waals surface area (Å²) in [6.07, 6.45) is 0. The minimum absolute atomic E-state index is 1.69. The monoisotopic (exact) mass is 511 g/mol. The van der Waals surface area contributed by atoms with Crippen molar-refractivity contribution >= 4 is 53.2 Å². The van der Waals surface area contributed by atoms with Gasteiger partial charge in [-0.15, -0.1) is 0 Å². The third kappa shape index (κ3) is 20.6. The van der Waals surface area contributed by atoms with Gasteiger partial charge in [0.15, 0.2) is 0 Å². The molecule has 5 heavy (non-hydrogen) atoms. The molecule has 0 radical (unpaired) electrons. The van der Waals surface area contributed by atoms with Crippen LogP contribution >= 0.6 is 53.2 Å². The van der Waals surface area contributed by atoms with Gasteiger partial charge in [-0.1, -0.05) is 0 Å². The second-order valence-corrected chi connectivity index (χ2v) is 59.9. The summed E-state index contributed by atoms with van der Waals surface area (Å²) in [5.41, 5.74) is 0. The van der Waals surface area contributed by atoms with E-state index in [9.17, 15) is 0 Å². The standard InChI is InChI=1S/4BrH.Pt/h4*1H;/q;;;;+2/p-4. The van der Waals surface area contributed by atoms with Gasteiger partial charge >= 0.3 is 61.0 Å². The SMILES string of the molecule is [Br][Pt-2]([Br])([Br])[Br]. The molecule has 0 nitrogen and oxygen atoms in total. The van der Waals surface area contributed by atoms with E-state index >= 15 is 0 Å². The van der Waals surface area contributed by atoms with E-state index in [0.29, 0.717) is 0 Å². The van der Waals surface area contributed by atoms with Crippen LogP contribution in [0.2, 0.25) is 0 Å². The molecule has 0 aliphatic heterocycles. The van der Waals surface area contributed by atoms with Crippen molar-refractivity contribution in [3.8, 4) is 0 Å². The Labute approximate surface area is 59.8 Å².